The Labute approximate surface area is 135 Å². The molecule has 0 aliphatic carbocycles. The van der Waals surface area contributed by atoms with Gasteiger partial charge in [0.25, 0.3) is 0 Å². The first-order valence-corrected chi connectivity index (χ1v) is 8.90. The fourth-order valence-corrected chi connectivity index (χ4v) is 3.71. The summed E-state index contributed by atoms with van der Waals surface area (Å²) in [5, 5.41) is 3.74. The Kier molecular flexibility index (Phi) is 5.37. The molecule has 3 heteroatoms. The summed E-state index contributed by atoms with van der Waals surface area (Å²) in [6.07, 6.45) is 5.00. The summed E-state index contributed by atoms with van der Waals surface area (Å²) in [6, 6.07) is 10.3. The van der Waals surface area contributed by atoms with Crippen LogP contribution in [-0.4, -0.2) is 43.3 Å². The average molecular weight is 302 g/mol. The van der Waals surface area contributed by atoms with Crippen molar-refractivity contribution in [3.05, 3.63) is 29.8 Å². The molecule has 22 heavy (non-hydrogen) atoms. The first kappa shape index (κ1) is 15.8. The van der Waals surface area contributed by atoms with Crippen LogP contribution in [0.1, 0.15) is 51.0 Å². The largest absolute Gasteiger partial charge is 0.381 e. The molecular weight excluding hydrogens is 272 g/mol. The number of hydrogen-bond acceptors (Lipinski definition) is 3. The van der Waals surface area contributed by atoms with Gasteiger partial charge in [0.15, 0.2) is 0 Å². The molecule has 2 aliphatic rings. The topological polar surface area (TPSA) is 24.5 Å². The zero-order valence-electron chi connectivity index (χ0n) is 14.1. The van der Waals surface area contributed by atoms with Gasteiger partial charge in [-0.3, -0.25) is 4.90 Å². The SMILES string of the molecule is CC(C)c1ccc(NC2CCCN(C3CCOCC3)C2)cc1. The van der Waals surface area contributed by atoms with E-state index in [1.165, 1.54) is 50.0 Å². The summed E-state index contributed by atoms with van der Waals surface area (Å²) in [6.45, 7) is 8.81. The molecule has 1 unspecified atom stereocenters. The van der Waals surface area contributed by atoms with E-state index < -0.39 is 0 Å². The molecule has 1 atom stereocenters. The molecule has 122 valence electrons. The molecule has 0 spiro atoms. The number of ether oxygens (including phenoxy) is 1. The highest BCUT2D eigenvalue weighted by Gasteiger charge is 2.27. The fourth-order valence-electron chi connectivity index (χ4n) is 3.71. The maximum atomic E-state index is 5.50. The Bertz CT molecular complexity index is 451. The van der Waals surface area contributed by atoms with Crippen LogP contribution in [-0.2, 0) is 4.74 Å². The Morgan fingerprint density at radius 1 is 1.09 bits per heavy atom. The van der Waals surface area contributed by atoms with E-state index >= 15 is 0 Å². The van der Waals surface area contributed by atoms with Crippen molar-refractivity contribution in [2.75, 3.05) is 31.6 Å². The minimum atomic E-state index is 0.585. The molecular formula is C19H30N2O. The van der Waals surface area contributed by atoms with E-state index in [2.05, 4.69) is 48.3 Å². The van der Waals surface area contributed by atoms with Crippen molar-refractivity contribution >= 4 is 5.69 Å². The molecule has 2 aliphatic heterocycles. The maximum Gasteiger partial charge on any atom is 0.0480 e. The van der Waals surface area contributed by atoms with Gasteiger partial charge in [-0.1, -0.05) is 26.0 Å². The van der Waals surface area contributed by atoms with E-state index in [-0.39, 0.29) is 0 Å². The highest BCUT2D eigenvalue weighted by atomic mass is 16.5. The van der Waals surface area contributed by atoms with Gasteiger partial charge in [-0.05, 0) is 55.8 Å². The first-order chi connectivity index (χ1) is 10.7. The zero-order valence-corrected chi connectivity index (χ0v) is 14.1. The van der Waals surface area contributed by atoms with Crippen LogP contribution in [0.5, 0.6) is 0 Å². The van der Waals surface area contributed by atoms with Crippen molar-refractivity contribution < 1.29 is 4.74 Å². The molecule has 2 saturated heterocycles. The fraction of sp³-hybridized carbons (Fsp3) is 0.684. The van der Waals surface area contributed by atoms with Gasteiger partial charge in [-0.15, -0.1) is 0 Å². The van der Waals surface area contributed by atoms with Gasteiger partial charge in [0, 0.05) is 37.5 Å². The van der Waals surface area contributed by atoms with Crippen molar-refractivity contribution in [1.82, 2.24) is 4.90 Å². The minimum absolute atomic E-state index is 0.585. The van der Waals surface area contributed by atoms with Gasteiger partial charge in [-0.25, -0.2) is 0 Å². The summed E-state index contributed by atoms with van der Waals surface area (Å²) in [7, 11) is 0. The van der Waals surface area contributed by atoms with Crippen molar-refractivity contribution in [3.63, 3.8) is 0 Å². The zero-order chi connectivity index (χ0) is 15.4. The van der Waals surface area contributed by atoms with Crippen molar-refractivity contribution in [2.45, 2.75) is 57.5 Å². The lowest BCUT2D eigenvalue weighted by Gasteiger charge is -2.40. The van der Waals surface area contributed by atoms with Gasteiger partial charge < -0.3 is 10.1 Å². The normalized spacial score (nSPS) is 24.6. The van der Waals surface area contributed by atoms with E-state index in [0.717, 1.165) is 19.3 Å². The smallest absolute Gasteiger partial charge is 0.0480 e. The van der Waals surface area contributed by atoms with Gasteiger partial charge in [0.2, 0.25) is 0 Å². The number of rotatable bonds is 4. The Balaban J connectivity index is 1.55. The number of anilines is 1. The summed E-state index contributed by atoms with van der Waals surface area (Å²) >= 11 is 0. The third-order valence-corrected chi connectivity index (χ3v) is 5.11. The Morgan fingerprint density at radius 3 is 2.50 bits per heavy atom. The molecule has 2 heterocycles. The number of piperidine rings is 1. The lowest BCUT2D eigenvalue weighted by molar-refractivity contribution is 0.0256. The second-order valence-corrected chi connectivity index (χ2v) is 7.10. The van der Waals surface area contributed by atoms with Crippen LogP contribution in [0.25, 0.3) is 0 Å². The molecule has 0 bridgehead atoms. The van der Waals surface area contributed by atoms with Gasteiger partial charge in [-0.2, -0.15) is 0 Å². The third-order valence-electron chi connectivity index (χ3n) is 5.11. The molecule has 1 aromatic rings. The molecule has 0 aromatic heterocycles. The van der Waals surface area contributed by atoms with Crippen molar-refractivity contribution in [3.8, 4) is 0 Å². The Morgan fingerprint density at radius 2 is 1.82 bits per heavy atom. The highest BCUT2D eigenvalue weighted by Crippen LogP contribution is 2.23. The summed E-state index contributed by atoms with van der Waals surface area (Å²) in [5.74, 6) is 0.604. The standard InChI is InChI=1S/C19H30N2O/c1-15(2)16-5-7-17(8-6-16)20-18-4-3-11-21(14-18)19-9-12-22-13-10-19/h5-8,15,18-20H,3-4,9-14H2,1-2H3. The molecule has 1 N–H and O–H groups in total. The summed E-state index contributed by atoms with van der Waals surface area (Å²) < 4.78 is 5.50. The van der Waals surface area contributed by atoms with E-state index in [1.807, 2.05) is 0 Å². The van der Waals surface area contributed by atoms with E-state index in [1.54, 1.807) is 0 Å². The van der Waals surface area contributed by atoms with Crippen LogP contribution < -0.4 is 5.32 Å². The molecule has 3 rings (SSSR count). The van der Waals surface area contributed by atoms with Crippen LogP contribution >= 0.6 is 0 Å². The Hall–Kier alpha value is -1.06. The molecule has 0 amide bonds. The van der Waals surface area contributed by atoms with Gasteiger partial charge >= 0.3 is 0 Å². The van der Waals surface area contributed by atoms with Crippen LogP contribution in [0.2, 0.25) is 0 Å². The molecule has 2 fully saturated rings. The third kappa shape index (κ3) is 4.02. The maximum absolute atomic E-state index is 5.50. The lowest BCUT2D eigenvalue weighted by atomic mass is 9.99. The molecule has 0 radical (unpaired) electrons. The van der Waals surface area contributed by atoms with E-state index in [0.29, 0.717) is 12.0 Å². The average Bonchev–Trinajstić information content (AvgIpc) is 2.56. The van der Waals surface area contributed by atoms with Gasteiger partial charge in [0.05, 0.1) is 0 Å². The van der Waals surface area contributed by atoms with Crippen LogP contribution in [0.15, 0.2) is 24.3 Å². The van der Waals surface area contributed by atoms with Crippen LogP contribution in [0.4, 0.5) is 5.69 Å². The number of hydrogen-bond donors (Lipinski definition) is 1. The molecule has 3 nitrogen and oxygen atoms in total. The van der Waals surface area contributed by atoms with E-state index in [4.69, 9.17) is 4.74 Å². The number of nitrogens with one attached hydrogen (secondary N) is 1. The lowest BCUT2D eigenvalue weighted by Crippen LogP contribution is -2.48. The van der Waals surface area contributed by atoms with Crippen molar-refractivity contribution in [1.29, 1.82) is 0 Å². The van der Waals surface area contributed by atoms with Crippen LogP contribution in [0, 0.1) is 0 Å². The second kappa shape index (κ2) is 7.47. The predicted molar refractivity (Wildman–Crippen MR) is 92.6 cm³/mol. The number of likely N-dealkylation sites (tertiary alicyclic amines) is 1. The van der Waals surface area contributed by atoms with Crippen molar-refractivity contribution in [2.24, 2.45) is 0 Å². The van der Waals surface area contributed by atoms with E-state index in [9.17, 15) is 0 Å². The predicted octanol–water partition coefficient (Wildman–Crippen LogP) is 3.87. The van der Waals surface area contributed by atoms with Gasteiger partial charge in [0.1, 0.15) is 0 Å². The van der Waals surface area contributed by atoms with Crippen LogP contribution in [0.3, 0.4) is 0 Å². The summed E-state index contributed by atoms with van der Waals surface area (Å²) in [4.78, 5) is 2.69. The first-order valence-electron chi connectivity index (χ1n) is 8.90. The minimum Gasteiger partial charge on any atom is -0.381 e. The monoisotopic (exact) mass is 302 g/mol. The molecule has 0 saturated carbocycles. The highest BCUT2D eigenvalue weighted by molar-refractivity contribution is 5.46. The number of nitrogens with zero attached hydrogens (tertiary/aromatic N) is 1. The molecule has 1 aromatic carbocycles. The number of benzene rings is 1. The summed E-state index contributed by atoms with van der Waals surface area (Å²) in [5.41, 5.74) is 2.68. The second-order valence-electron chi connectivity index (χ2n) is 7.10. The quantitative estimate of drug-likeness (QED) is 0.914.